The molecule has 1 atom stereocenters. The molecule has 2 aliphatic rings. The highest BCUT2D eigenvalue weighted by Crippen LogP contribution is 2.37. The molecule has 0 amide bonds. The SMILES string of the molecule is CC(C)(C)C1CCC(NCC2CCCS2(=O)=O)CC1. The van der Waals surface area contributed by atoms with Crippen LogP contribution in [0.2, 0.25) is 0 Å². The molecule has 2 fully saturated rings. The summed E-state index contributed by atoms with van der Waals surface area (Å²) in [5.74, 6) is 1.22. The highest BCUT2D eigenvalue weighted by molar-refractivity contribution is 7.92. The maximum atomic E-state index is 11.8. The Balaban J connectivity index is 1.75. The topological polar surface area (TPSA) is 46.2 Å². The van der Waals surface area contributed by atoms with Crippen molar-refractivity contribution in [3.63, 3.8) is 0 Å². The van der Waals surface area contributed by atoms with Gasteiger partial charge in [-0.25, -0.2) is 8.42 Å². The normalized spacial score (nSPS) is 35.4. The zero-order valence-corrected chi connectivity index (χ0v) is 13.4. The zero-order valence-electron chi connectivity index (χ0n) is 12.6. The smallest absolute Gasteiger partial charge is 0.154 e. The Kier molecular flexibility index (Phi) is 4.61. The molecule has 0 radical (unpaired) electrons. The van der Waals surface area contributed by atoms with E-state index in [4.69, 9.17) is 0 Å². The fourth-order valence-corrected chi connectivity index (χ4v) is 5.33. The third kappa shape index (κ3) is 3.94. The number of nitrogens with one attached hydrogen (secondary N) is 1. The maximum absolute atomic E-state index is 11.8. The Hall–Kier alpha value is -0.0900. The minimum atomic E-state index is -2.78. The molecule has 3 nitrogen and oxygen atoms in total. The average Bonchev–Trinajstić information content (AvgIpc) is 2.65. The van der Waals surface area contributed by atoms with Crippen LogP contribution in [0.15, 0.2) is 0 Å². The molecule has 0 spiro atoms. The second-order valence-corrected chi connectivity index (χ2v) is 9.85. The summed E-state index contributed by atoms with van der Waals surface area (Å²) in [5.41, 5.74) is 0.416. The van der Waals surface area contributed by atoms with Crippen LogP contribution < -0.4 is 5.32 Å². The molecule has 4 heteroatoms. The predicted molar refractivity (Wildman–Crippen MR) is 80.0 cm³/mol. The molecule has 1 aliphatic heterocycles. The number of rotatable bonds is 3. The van der Waals surface area contributed by atoms with Crippen molar-refractivity contribution in [3.8, 4) is 0 Å². The first-order chi connectivity index (χ1) is 8.79. The van der Waals surface area contributed by atoms with Crippen molar-refractivity contribution >= 4 is 9.84 Å². The lowest BCUT2D eigenvalue weighted by atomic mass is 9.71. The van der Waals surface area contributed by atoms with E-state index in [1.165, 1.54) is 25.7 Å². The van der Waals surface area contributed by atoms with E-state index in [1.807, 2.05) is 0 Å². The standard InChI is InChI=1S/C15H29NO2S/c1-15(2,3)12-6-8-13(9-7-12)16-11-14-5-4-10-19(14,17)18/h12-14,16H,4-11H2,1-3H3. The Morgan fingerprint density at radius 2 is 1.68 bits per heavy atom. The molecule has 1 aliphatic carbocycles. The molecule has 1 N–H and O–H groups in total. The predicted octanol–water partition coefficient (Wildman–Crippen LogP) is 2.76. The Labute approximate surface area is 118 Å². The fraction of sp³-hybridized carbons (Fsp3) is 1.00. The van der Waals surface area contributed by atoms with Gasteiger partial charge in [0.15, 0.2) is 9.84 Å². The van der Waals surface area contributed by atoms with Crippen LogP contribution in [0.4, 0.5) is 0 Å². The molecule has 112 valence electrons. The number of sulfone groups is 1. The molecule has 2 rings (SSSR count). The van der Waals surface area contributed by atoms with Gasteiger partial charge in [0.25, 0.3) is 0 Å². The lowest BCUT2D eigenvalue weighted by Crippen LogP contribution is -2.40. The Morgan fingerprint density at radius 3 is 2.16 bits per heavy atom. The molecule has 19 heavy (non-hydrogen) atoms. The van der Waals surface area contributed by atoms with Gasteiger partial charge in [-0.2, -0.15) is 0 Å². The van der Waals surface area contributed by atoms with Gasteiger partial charge < -0.3 is 5.32 Å². The van der Waals surface area contributed by atoms with Crippen molar-refractivity contribution in [2.75, 3.05) is 12.3 Å². The van der Waals surface area contributed by atoms with Gasteiger partial charge in [-0.3, -0.25) is 0 Å². The van der Waals surface area contributed by atoms with Gasteiger partial charge in [0.1, 0.15) is 0 Å². The van der Waals surface area contributed by atoms with Crippen LogP contribution in [-0.4, -0.2) is 32.0 Å². The second-order valence-electron chi connectivity index (χ2n) is 7.45. The van der Waals surface area contributed by atoms with Crippen LogP contribution in [-0.2, 0) is 9.84 Å². The first kappa shape index (κ1) is 15.3. The number of hydrogen-bond donors (Lipinski definition) is 1. The summed E-state index contributed by atoms with van der Waals surface area (Å²) >= 11 is 0. The van der Waals surface area contributed by atoms with Gasteiger partial charge in [0, 0.05) is 12.6 Å². The van der Waals surface area contributed by atoms with Gasteiger partial charge in [0.05, 0.1) is 11.0 Å². The van der Waals surface area contributed by atoms with Crippen molar-refractivity contribution in [1.29, 1.82) is 0 Å². The van der Waals surface area contributed by atoms with E-state index in [-0.39, 0.29) is 5.25 Å². The molecular formula is C15H29NO2S. The summed E-state index contributed by atoms with van der Waals surface area (Å²) < 4.78 is 23.6. The minimum Gasteiger partial charge on any atom is -0.313 e. The van der Waals surface area contributed by atoms with Crippen LogP contribution in [0.3, 0.4) is 0 Å². The monoisotopic (exact) mass is 287 g/mol. The van der Waals surface area contributed by atoms with E-state index in [0.29, 0.717) is 23.8 Å². The fourth-order valence-electron chi connectivity index (χ4n) is 3.55. The van der Waals surface area contributed by atoms with E-state index in [1.54, 1.807) is 0 Å². The van der Waals surface area contributed by atoms with Gasteiger partial charge >= 0.3 is 0 Å². The second kappa shape index (κ2) is 5.72. The lowest BCUT2D eigenvalue weighted by molar-refractivity contribution is 0.160. The largest absolute Gasteiger partial charge is 0.313 e. The molecule has 0 aromatic heterocycles. The summed E-state index contributed by atoms with van der Waals surface area (Å²) in [4.78, 5) is 0. The summed E-state index contributed by atoms with van der Waals surface area (Å²) in [6.45, 7) is 7.66. The van der Waals surface area contributed by atoms with Gasteiger partial charge in [-0.1, -0.05) is 20.8 Å². The Morgan fingerprint density at radius 1 is 1.05 bits per heavy atom. The quantitative estimate of drug-likeness (QED) is 0.868. The summed E-state index contributed by atoms with van der Waals surface area (Å²) in [7, 11) is -2.78. The van der Waals surface area contributed by atoms with Gasteiger partial charge in [-0.05, 0) is 49.9 Å². The molecule has 1 heterocycles. The Bertz CT molecular complexity index is 389. The zero-order chi connectivity index (χ0) is 14.1. The molecule has 1 saturated carbocycles. The average molecular weight is 287 g/mol. The molecular weight excluding hydrogens is 258 g/mol. The summed E-state index contributed by atoms with van der Waals surface area (Å²) in [6, 6.07) is 0.536. The van der Waals surface area contributed by atoms with E-state index in [9.17, 15) is 8.42 Å². The van der Waals surface area contributed by atoms with Crippen molar-refractivity contribution in [3.05, 3.63) is 0 Å². The minimum absolute atomic E-state index is 0.118. The first-order valence-corrected chi connectivity index (χ1v) is 9.45. The van der Waals surface area contributed by atoms with Crippen LogP contribution in [0.5, 0.6) is 0 Å². The van der Waals surface area contributed by atoms with Crippen molar-refractivity contribution in [1.82, 2.24) is 5.32 Å². The van der Waals surface area contributed by atoms with E-state index < -0.39 is 9.84 Å². The first-order valence-electron chi connectivity index (χ1n) is 7.74. The molecule has 1 saturated heterocycles. The van der Waals surface area contributed by atoms with Gasteiger partial charge in [-0.15, -0.1) is 0 Å². The van der Waals surface area contributed by atoms with Gasteiger partial charge in [0.2, 0.25) is 0 Å². The molecule has 0 aromatic carbocycles. The third-order valence-electron chi connectivity index (χ3n) is 5.05. The highest BCUT2D eigenvalue weighted by atomic mass is 32.2. The van der Waals surface area contributed by atoms with Crippen LogP contribution in [0.25, 0.3) is 0 Å². The summed E-state index contributed by atoms with van der Waals surface area (Å²) in [6.07, 6.45) is 6.67. The van der Waals surface area contributed by atoms with Crippen LogP contribution in [0.1, 0.15) is 59.3 Å². The third-order valence-corrected chi connectivity index (χ3v) is 7.32. The summed E-state index contributed by atoms with van der Waals surface area (Å²) in [5, 5.41) is 3.39. The molecule has 0 aromatic rings. The van der Waals surface area contributed by atoms with Crippen molar-refractivity contribution < 1.29 is 8.42 Å². The van der Waals surface area contributed by atoms with Crippen LogP contribution in [0, 0.1) is 11.3 Å². The van der Waals surface area contributed by atoms with E-state index >= 15 is 0 Å². The lowest BCUT2D eigenvalue weighted by Gasteiger charge is -2.37. The maximum Gasteiger partial charge on any atom is 0.154 e. The highest BCUT2D eigenvalue weighted by Gasteiger charge is 2.33. The van der Waals surface area contributed by atoms with Crippen molar-refractivity contribution in [2.45, 2.75) is 70.6 Å². The molecule has 1 unspecified atom stereocenters. The number of hydrogen-bond acceptors (Lipinski definition) is 3. The van der Waals surface area contributed by atoms with E-state index in [2.05, 4.69) is 26.1 Å². The molecule has 0 bridgehead atoms. The van der Waals surface area contributed by atoms with Crippen molar-refractivity contribution in [2.24, 2.45) is 11.3 Å². The van der Waals surface area contributed by atoms with E-state index in [0.717, 1.165) is 18.8 Å². The van der Waals surface area contributed by atoms with Crippen LogP contribution >= 0.6 is 0 Å².